The molecular weight excluding hydrogens is 406 g/mol. The van der Waals surface area contributed by atoms with Crippen LogP contribution in [0.1, 0.15) is 28.8 Å². The summed E-state index contributed by atoms with van der Waals surface area (Å²) in [7, 11) is -3.81. The third-order valence-corrected chi connectivity index (χ3v) is 7.20. The fourth-order valence-electron chi connectivity index (χ4n) is 3.60. The molecule has 8 heteroatoms. The molecule has 1 aliphatic carbocycles. The highest BCUT2D eigenvalue weighted by molar-refractivity contribution is 7.92. The topological polar surface area (TPSA) is 80.5 Å². The van der Waals surface area contributed by atoms with E-state index in [4.69, 9.17) is 0 Å². The van der Waals surface area contributed by atoms with Crippen LogP contribution in [0.3, 0.4) is 0 Å². The van der Waals surface area contributed by atoms with Crippen molar-refractivity contribution < 1.29 is 13.2 Å². The number of carbonyl (C=O) groups excluding carboxylic acids is 1. The number of imidazole rings is 1. The predicted molar refractivity (Wildman–Crippen MR) is 113 cm³/mol. The monoisotopic (exact) mass is 423 g/mol. The largest absolute Gasteiger partial charge is 0.297 e. The number of carbonyl (C=O) groups is 1. The lowest BCUT2D eigenvalue weighted by Crippen LogP contribution is -2.16. The van der Waals surface area contributed by atoms with Crippen molar-refractivity contribution in [2.75, 3.05) is 4.72 Å². The molecule has 0 unspecified atom stereocenters. The first-order valence-corrected chi connectivity index (χ1v) is 11.6. The van der Waals surface area contributed by atoms with Gasteiger partial charge in [0.05, 0.1) is 10.6 Å². The van der Waals surface area contributed by atoms with Crippen molar-refractivity contribution in [1.29, 1.82) is 0 Å². The first-order valence-electron chi connectivity index (χ1n) is 9.21. The van der Waals surface area contributed by atoms with E-state index in [9.17, 15) is 13.2 Å². The van der Waals surface area contributed by atoms with Gasteiger partial charge in [-0.25, -0.2) is 13.4 Å². The number of thiazole rings is 1. The molecule has 0 atom stereocenters. The Hall–Kier alpha value is -2.97. The van der Waals surface area contributed by atoms with Crippen LogP contribution in [0.25, 0.3) is 16.2 Å². The second-order valence-corrected chi connectivity index (χ2v) is 9.56. The van der Waals surface area contributed by atoms with Crippen LogP contribution >= 0.6 is 11.3 Å². The summed E-state index contributed by atoms with van der Waals surface area (Å²) >= 11 is 1.54. The minimum atomic E-state index is -3.81. The van der Waals surface area contributed by atoms with Gasteiger partial charge < -0.3 is 0 Å². The lowest BCUT2D eigenvalue weighted by molar-refractivity contribution is 0.0972. The smallest absolute Gasteiger partial charge is 0.261 e. The number of benzene rings is 2. The van der Waals surface area contributed by atoms with E-state index >= 15 is 0 Å². The average Bonchev–Trinajstić information content (AvgIpc) is 3.30. The second kappa shape index (κ2) is 6.82. The highest BCUT2D eigenvalue weighted by Crippen LogP contribution is 2.27. The summed E-state index contributed by atoms with van der Waals surface area (Å²) in [5.74, 6) is 0.00467. The number of Topliss-reactive ketones (excluding diaryl/α,β-unsaturated/α-hetero) is 1. The number of hydrogen-bond acceptors (Lipinski definition) is 5. The first kappa shape index (κ1) is 18.1. The molecule has 1 N–H and O–H groups in total. The number of sulfonamides is 1. The molecule has 2 aromatic heterocycles. The van der Waals surface area contributed by atoms with Gasteiger partial charge in [-0.05, 0) is 42.7 Å². The van der Waals surface area contributed by atoms with Crippen LogP contribution in [-0.4, -0.2) is 23.6 Å². The van der Waals surface area contributed by atoms with Crippen molar-refractivity contribution in [3.8, 4) is 11.3 Å². The Labute approximate surface area is 171 Å². The third kappa shape index (κ3) is 3.34. The Balaban J connectivity index is 1.46. The molecule has 146 valence electrons. The fraction of sp³-hybridized carbons (Fsp3) is 0.143. The normalized spacial score (nSPS) is 14.1. The number of ketones is 1. The Bertz CT molecular complexity index is 1320. The van der Waals surface area contributed by atoms with Crippen molar-refractivity contribution in [3.63, 3.8) is 0 Å². The Morgan fingerprint density at radius 1 is 1.10 bits per heavy atom. The predicted octanol–water partition coefficient (Wildman–Crippen LogP) is 4.38. The highest BCUT2D eigenvalue weighted by atomic mass is 32.2. The molecule has 0 amide bonds. The van der Waals surface area contributed by atoms with Crippen LogP contribution in [-0.2, 0) is 16.4 Å². The van der Waals surface area contributed by atoms with Gasteiger partial charge in [0.1, 0.15) is 0 Å². The molecule has 0 fully saturated rings. The van der Waals surface area contributed by atoms with Crippen molar-refractivity contribution in [2.24, 2.45) is 0 Å². The van der Waals surface area contributed by atoms with Gasteiger partial charge in [0.25, 0.3) is 10.0 Å². The average molecular weight is 424 g/mol. The van der Waals surface area contributed by atoms with E-state index in [0.29, 0.717) is 17.7 Å². The van der Waals surface area contributed by atoms with Gasteiger partial charge in [-0.15, -0.1) is 11.3 Å². The minimum absolute atomic E-state index is 0.00467. The molecule has 0 spiro atoms. The SMILES string of the molecule is O=C1CCCc2ccc(S(=O)(=O)Nc3cccc(-c4cn5ccsc5n4)c3)cc21. The molecule has 29 heavy (non-hydrogen) atoms. The Kier molecular flexibility index (Phi) is 4.25. The summed E-state index contributed by atoms with van der Waals surface area (Å²) in [6.45, 7) is 0. The Morgan fingerprint density at radius 3 is 2.86 bits per heavy atom. The number of nitrogens with zero attached hydrogens (tertiary/aromatic N) is 2. The summed E-state index contributed by atoms with van der Waals surface area (Å²) < 4.78 is 30.4. The van der Waals surface area contributed by atoms with Crippen molar-refractivity contribution in [1.82, 2.24) is 9.38 Å². The summed E-state index contributed by atoms with van der Waals surface area (Å²) in [4.78, 5) is 17.7. The molecule has 4 aromatic rings. The van der Waals surface area contributed by atoms with Crippen molar-refractivity contribution in [3.05, 3.63) is 71.4 Å². The molecule has 0 bridgehead atoms. The van der Waals surface area contributed by atoms with Gasteiger partial charge in [-0.1, -0.05) is 18.2 Å². The zero-order chi connectivity index (χ0) is 20.0. The molecule has 0 aliphatic heterocycles. The van der Waals surface area contributed by atoms with Gasteiger partial charge in [0, 0.05) is 41.0 Å². The van der Waals surface area contributed by atoms with Crippen LogP contribution in [0, 0.1) is 0 Å². The number of anilines is 1. The van der Waals surface area contributed by atoms with Gasteiger partial charge >= 0.3 is 0 Å². The molecular formula is C21H17N3O3S2. The van der Waals surface area contributed by atoms with E-state index < -0.39 is 10.0 Å². The van der Waals surface area contributed by atoms with E-state index in [1.165, 1.54) is 17.4 Å². The van der Waals surface area contributed by atoms with Gasteiger partial charge in [0.15, 0.2) is 10.7 Å². The maximum absolute atomic E-state index is 12.9. The van der Waals surface area contributed by atoms with Crippen LogP contribution in [0.2, 0.25) is 0 Å². The van der Waals surface area contributed by atoms with E-state index in [0.717, 1.165) is 34.6 Å². The minimum Gasteiger partial charge on any atom is -0.297 e. The summed E-state index contributed by atoms with van der Waals surface area (Å²) in [6.07, 6.45) is 5.93. The van der Waals surface area contributed by atoms with Gasteiger partial charge in [-0.2, -0.15) is 0 Å². The number of fused-ring (bicyclic) bond motifs is 2. The molecule has 6 nitrogen and oxygen atoms in total. The van der Waals surface area contributed by atoms with Gasteiger partial charge in [0.2, 0.25) is 0 Å². The highest BCUT2D eigenvalue weighted by Gasteiger charge is 2.22. The second-order valence-electron chi connectivity index (χ2n) is 7.00. The number of nitrogens with one attached hydrogen (secondary N) is 1. The molecule has 2 heterocycles. The number of hydrogen-bond donors (Lipinski definition) is 1. The molecule has 0 saturated heterocycles. The van der Waals surface area contributed by atoms with Crippen molar-refractivity contribution in [2.45, 2.75) is 24.2 Å². The van der Waals surface area contributed by atoms with E-state index in [2.05, 4.69) is 9.71 Å². The molecule has 0 radical (unpaired) electrons. The zero-order valence-electron chi connectivity index (χ0n) is 15.3. The van der Waals surface area contributed by atoms with E-state index in [-0.39, 0.29) is 10.7 Å². The number of aryl methyl sites for hydroxylation is 1. The standard InChI is InChI=1S/C21H17N3O3S2/c25-20-6-2-3-14-7-8-17(12-18(14)20)29(26,27)23-16-5-1-4-15(11-16)19-13-24-9-10-28-21(24)22-19/h1,4-5,7-13,23H,2-3,6H2. The van der Waals surface area contributed by atoms with Crippen molar-refractivity contribution >= 4 is 37.8 Å². The van der Waals surface area contributed by atoms with E-state index in [1.807, 2.05) is 28.2 Å². The molecule has 2 aromatic carbocycles. The number of aromatic nitrogens is 2. The Morgan fingerprint density at radius 2 is 2.00 bits per heavy atom. The molecule has 0 saturated carbocycles. The van der Waals surface area contributed by atoms with Crippen LogP contribution in [0.4, 0.5) is 5.69 Å². The first-order chi connectivity index (χ1) is 14.0. The van der Waals surface area contributed by atoms with Crippen LogP contribution in [0.5, 0.6) is 0 Å². The summed E-state index contributed by atoms with van der Waals surface area (Å²) in [6, 6.07) is 11.9. The maximum atomic E-state index is 12.9. The zero-order valence-corrected chi connectivity index (χ0v) is 17.0. The van der Waals surface area contributed by atoms with E-state index in [1.54, 1.807) is 30.3 Å². The molecule has 1 aliphatic rings. The summed E-state index contributed by atoms with van der Waals surface area (Å²) in [5.41, 5.74) is 3.48. The number of rotatable bonds is 4. The van der Waals surface area contributed by atoms with Crippen LogP contribution < -0.4 is 4.72 Å². The third-order valence-electron chi connectivity index (χ3n) is 5.05. The fourth-order valence-corrected chi connectivity index (χ4v) is 5.37. The quantitative estimate of drug-likeness (QED) is 0.528. The van der Waals surface area contributed by atoms with Gasteiger partial charge in [-0.3, -0.25) is 13.9 Å². The molecule has 5 rings (SSSR count). The van der Waals surface area contributed by atoms with Crippen LogP contribution in [0.15, 0.2) is 65.1 Å². The lowest BCUT2D eigenvalue weighted by Gasteiger charge is -2.16. The lowest BCUT2D eigenvalue weighted by atomic mass is 9.91. The maximum Gasteiger partial charge on any atom is 0.261 e. The summed E-state index contributed by atoms with van der Waals surface area (Å²) in [5, 5.41) is 1.96.